The van der Waals surface area contributed by atoms with Crippen LogP contribution in [0.25, 0.3) is 10.4 Å². The molecule has 0 bridgehead atoms. The van der Waals surface area contributed by atoms with Crippen molar-refractivity contribution in [3.05, 3.63) is 46.3 Å². The minimum absolute atomic E-state index is 0.532. The van der Waals surface area contributed by atoms with Gasteiger partial charge in [-0.2, -0.15) is 0 Å². The number of hydrogen-bond donors (Lipinski definition) is 1. The second-order valence-electron chi connectivity index (χ2n) is 3.00. The van der Waals surface area contributed by atoms with Gasteiger partial charge in [0.2, 0.25) is 0 Å². The van der Waals surface area contributed by atoms with E-state index in [-0.39, 0.29) is 0 Å². The number of benzene rings is 1. The Morgan fingerprint density at radius 1 is 1.29 bits per heavy atom. The molecule has 0 atom stereocenters. The molecular formula is C11H10ClNS. The number of rotatable bonds is 2. The summed E-state index contributed by atoms with van der Waals surface area (Å²) >= 11 is 7.84. The molecule has 2 N–H and O–H groups in total. The second-order valence-corrected chi connectivity index (χ2v) is 4.35. The quantitative estimate of drug-likeness (QED) is 0.828. The molecule has 0 aliphatic rings. The number of hydrogen-bond acceptors (Lipinski definition) is 2. The molecule has 2 aromatic rings. The maximum Gasteiger partial charge on any atom is 0.0495 e. The van der Waals surface area contributed by atoms with E-state index in [1.807, 2.05) is 29.6 Å². The average molecular weight is 224 g/mol. The van der Waals surface area contributed by atoms with E-state index in [1.165, 1.54) is 4.88 Å². The third-order valence-electron chi connectivity index (χ3n) is 2.06. The fourth-order valence-corrected chi connectivity index (χ4v) is 2.44. The molecule has 0 aliphatic carbocycles. The summed E-state index contributed by atoms with van der Waals surface area (Å²) in [6.45, 7) is 0.532. The molecule has 72 valence electrons. The lowest BCUT2D eigenvalue weighted by molar-refractivity contribution is 1.07. The molecule has 0 fully saturated rings. The van der Waals surface area contributed by atoms with Gasteiger partial charge in [-0.05, 0) is 23.1 Å². The largest absolute Gasteiger partial charge is 0.326 e. The molecule has 1 nitrogen and oxygen atoms in total. The van der Waals surface area contributed by atoms with Gasteiger partial charge in [-0.25, -0.2) is 0 Å². The van der Waals surface area contributed by atoms with E-state index >= 15 is 0 Å². The molecular weight excluding hydrogens is 214 g/mol. The molecule has 0 spiro atoms. The van der Waals surface area contributed by atoms with Crippen molar-refractivity contribution < 1.29 is 0 Å². The van der Waals surface area contributed by atoms with Crippen molar-refractivity contribution in [3.63, 3.8) is 0 Å². The molecule has 0 unspecified atom stereocenters. The first-order chi connectivity index (χ1) is 6.81. The molecule has 3 heteroatoms. The fourth-order valence-electron chi connectivity index (χ4n) is 1.32. The van der Waals surface area contributed by atoms with Crippen LogP contribution in [0.5, 0.6) is 0 Å². The fraction of sp³-hybridized carbons (Fsp3) is 0.0909. The molecule has 0 radical (unpaired) electrons. The van der Waals surface area contributed by atoms with Crippen LogP contribution < -0.4 is 5.73 Å². The van der Waals surface area contributed by atoms with E-state index < -0.39 is 0 Å². The van der Waals surface area contributed by atoms with Crippen LogP contribution in [0, 0.1) is 0 Å². The highest BCUT2D eigenvalue weighted by Crippen LogP contribution is 2.31. The van der Waals surface area contributed by atoms with Crippen LogP contribution in [0.15, 0.2) is 35.7 Å². The van der Waals surface area contributed by atoms with Crippen LogP contribution >= 0.6 is 22.9 Å². The first-order valence-electron chi connectivity index (χ1n) is 4.33. The highest BCUT2D eigenvalue weighted by Gasteiger charge is 2.04. The maximum atomic E-state index is 6.15. The number of thiophene rings is 1. The van der Waals surface area contributed by atoms with Crippen LogP contribution in [0.3, 0.4) is 0 Å². The first kappa shape index (κ1) is 9.71. The van der Waals surface area contributed by atoms with Gasteiger partial charge in [-0.3, -0.25) is 0 Å². The summed E-state index contributed by atoms with van der Waals surface area (Å²) in [4.78, 5) is 1.19. The third-order valence-corrected chi connectivity index (χ3v) is 3.27. The van der Waals surface area contributed by atoms with Gasteiger partial charge in [0.05, 0.1) is 0 Å². The number of nitrogens with two attached hydrogens (primary N) is 1. The van der Waals surface area contributed by atoms with Crippen LogP contribution in [0.2, 0.25) is 5.02 Å². The Kier molecular flexibility index (Phi) is 2.87. The summed E-state index contributed by atoms with van der Waals surface area (Å²) in [5, 5.41) is 2.82. The van der Waals surface area contributed by atoms with Crippen molar-refractivity contribution in [2.75, 3.05) is 0 Å². The molecule has 1 heterocycles. The predicted molar refractivity (Wildman–Crippen MR) is 62.7 cm³/mol. The maximum absolute atomic E-state index is 6.15. The van der Waals surface area contributed by atoms with Crippen molar-refractivity contribution in [2.45, 2.75) is 6.54 Å². The van der Waals surface area contributed by atoms with Gasteiger partial charge < -0.3 is 5.73 Å². The Balaban J connectivity index is 2.46. The summed E-state index contributed by atoms with van der Waals surface area (Å²) in [5.74, 6) is 0. The Labute approximate surface area is 92.1 Å². The lowest BCUT2D eigenvalue weighted by Gasteiger charge is -2.03. The van der Waals surface area contributed by atoms with Crippen molar-refractivity contribution in [1.29, 1.82) is 0 Å². The van der Waals surface area contributed by atoms with Gasteiger partial charge in [0.1, 0.15) is 0 Å². The molecule has 1 aromatic carbocycles. The van der Waals surface area contributed by atoms with Crippen molar-refractivity contribution in [2.24, 2.45) is 5.73 Å². The molecule has 14 heavy (non-hydrogen) atoms. The van der Waals surface area contributed by atoms with E-state index in [2.05, 4.69) is 6.07 Å². The molecule has 0 aliphatic heterocycles. The molecule has 2 rings (SSSR count). The number of halogens is 1. The standard InChI is InChI=1S/C11H10ClNS/c12-10-6-8(7-13)3-4-9(10)11-2-1-5-14-11/h1-6H,7,13H2. The Bertz CT molecular complexity index is 423. The summed E-state index contributed by atoms with van der Waals surface area (Å²) in [7, 11) is 0. The molecule has 0 saturated carbocycles. The van der Waals surface area contributed by atoms with E-state index in [1.54, 1.807) is 11.3 Å². The van der Waals surface area contributed by atoms with Crippen LogP contribution in [-0.4, -0.2) is 0 Å². The normalized spacial score (nSPS) is 10.4. The Morgan fingerprint density at radius 3 is 2.71 bits per heavy atom. The van der Waals surface area contributed by atoms with E-state index in [0.29, 0.717) is 6.54 Å². The minimum atomic E-state index is 0.532. The Hall–Kier alpha value is -0.830. The summed E-state index contributed by atoms with van der Waals surface area (Å²) in [5.41, 5.74) is 7.68. The van der Waals surface area contributed by atoms with E-state index in [0.717, 1.165) is 16.1 Å². The van der Waals surface area contributed by atoms with Crippen LogP contribution in [-0.2, 0) is 6.54 Å². The van der Waals surface area contributed by atoms with Gasteiger partial charge in [-0.1, -0.05) is 29.8 Å². The smallest absolute Gasteiger partial charge is 0.0495 e. The highest BCUT2D eigenvalue weighted by atomic mass is 35.5. The summed E-state index contributed by atoms with van der Waals surface area (Å²) in [6.07, 6.45) is 0. The van der Waals surface area contributed by atoms with E-state index in [4.69, 9.17) is 17.3 Å². The van der Waals surface area contributed by atoms with Gasteiger partial charge in [-0.15, -0.1) is 11.3 Å². The lowest BCUT2D eigenvalue weighted by Crippen LogP contribution is -1.95. The van der Waals surface area contributed by atoms with Gasteiger partial charge >= 0.3 is 0 Å². The van der Waals surface area contributed by atoms with Crippen molar-refractivity contribution in [1.82, 2.24) is 0 Å². The zero-order valence-corrected chi connectivity index (χ0v) is 9.11. The summed E-state index contributed by atoms with van der Waals surface area (Å²) in [6, 6.07) is 10.1. The predicted octanol–water partition coefficient (Wildman–Crippen LogP) is 3.53. The van der Waals surface area contributed by atoms with Crippen molar-refractivity contribution >= 4 is 22.9 Å². The van der Waals surface area contributed by atoms with E-state index in [9.17, 15) is 0 Å². The first-order valence-corrected chi connectivity index (χ1v) is 5.59. The third kappa shape index (κ3) is 1.82. The van der Waals surface area contributed by atoms with Crippen molar-refractivity contribution in [3.8, 4) is 10.4 Å². The molecule has 0 saturated heterocycles. The topological polar surface area (TPSA) is 26.0 Å². The highest BCUT2D eigenvalue weighted by molar-refractivity contribution is 7.13. The average Bonchev–Trinajstić information content (AvgIpc) is 2.70. The lowest BCUT2D eigenvalue weighted by atomic mass is 10.1. The van der Waals surface area contributed by atoms with Gasteiger partial charge in [0, 0.05) is 22.0 Å². The molecule has 0 amide bonds. The van der Waals surface area contributed by atoms with Gasteiger partial charge in [0.15, 0.2) is 0 Å². The minimum Gasteiger partial charge on any atom is -0.326 e. The van der Waals surface area contributed by atoms with Crippen LogP contribution in [0.1, 0.15) is 5.56 Å². The zero-order valence-electron chi connectivity index (χ0n) is 7.53. The van der Waals surface area contributed by atoms with Crippen LogP contribution in [0.4, 0.5) is 0 Å². The monoisotopic (exact) mass is 223 g/mol. The second kappa shape index (κ2) is 4.13. The zero-order chi connectivity index (χ0) is 9.97. The molecule has 1 aromatic heterocycles. The SMILES string of the molecule is NCc1ccc(-c2cccs2)c(Cl)c1. The summed E-state index contributed by atoms with van der Waals surface area (Å²) < 4.78 is 0. The van der Waals surface area contributed by atoms with Gasteiger partial charge in [0.25, 0.3) is 0 Å². The Morgan fingerprint density at radius 2 is 2.14 bits per heavy atom.